The second-order valence-electron chi connectivity index (χ2n) is 11.5. The molecule has 1 aromatic heterocycles. The molecule has 5 aromatic rings. The number of methoxy groups -OCH3 is 1. The van der Waals surface area contributed by atoms with Gasteiger partial charge < -0.3 is 18.9 Å². The van der Waals surface area contributed by atoms with Gasteiger partial charge in [0.05, 0.1) is 46.1 Å². The highest BCUT2D eigenvalue weighted by Crippen LogP contribution is 2.36. The molecule has 10 heteroatoms. The predicted octanol–water partition coefficient (Wildman–Crippen LogP) is 7.09. The van der Waals surface area contributed by atoms with Crippen molar-refractivity contribution in [2.45, 2.75) is 46.4 Å². The molecule has 0 fully saturated rings. The molecule has 0 aliphatic carbocycles. The molecular weight excluding hydrogens is 692 g/mol. The number of nitrogens with zero attached hydrogens (tertiary/aromatic N) is 2. The first-order chi connectivity index (χ1) is 23.2. The summed E-state index contributed by atoms with van der Waals surface area (Å²) in [4.78, 5) is 32.6. The third-order valence-corrected chi connectivity index (χ3v) is 9.50. The molecule has 6 rings (SSSR count). The molecule has 2 heterocycles. The van der Waals surface area contributed by atoms with Gasteiger partial charge in [-0.15, -0.1) is 0 Å². The Hall–Kier alpha value is -4.67. The molecule has 0 saturated carbocycles. The maximum Gasteiger partial charge on any atom is 0.338 e. The van der Waals surface area contributed by atoms with E-state index in [4.69, 9.17) is 23.9 Å². The molecule has 0 saturated heterocycles. The topological polar surface area (TPSA) is 88.4 Å². The summed E-state index contributed by atoms with van der Waals surface area (Å²) in [5.41, 5.74) is 3.08. The molecule has 0 amide bonds. The van der Waals surface area contributed by atoms with Crippen molar-refractivity contribution in [3.8, 4) is 17.2 Å². The fourth-order valence-electron chi connectivity index (χ4n) is 5.76. The van der Waals surface area contributed by atoms with Crippen LogP contribution in [0.3, 0.4) is 0 Å². The second kappa shape index (κ2) is 14.2. The second-order valence-corrected chi connectivity index (χ2v) is 13.4. The number of hydrogen-bond donors (Lipinski definition) is 0. The van der Waals surface area contributed by atoms with Crippen molar-refractivity contribution >= 4 is 50.1 Å². The lowest BCUT2D eigenvalue weighted by molar-refractivity contribution is -0.139. The number of benzene rings is 4. The largest absolute Gasteiger partial charge is 0.493 e. The minimum absolute atomic E-state index is 0.0653. The van der Waals surface area contributed by atoms with Gasteiger partial charge in [0.1, 0.15) is 12.4 Å². The minimum Gasteiger partial charge on any atom is -0.493 e. The van der Waals surface area contributed by atoms with Gasteiger partial charge in [-0.05, 0) is 101 Å². The Morgan fingerprint density at radius 3 is 2.54 bits per heavy atom. The van der Waals surface area contributed by atoms with Crippen molar-refractivity contribution in [1.82, 2.24) is 4.57 Å². The van der Waals surface area contributed by atoms with E-state index < -0.39 is 12.0 Å². The van der Waals surface area contributed by atoms with Gasteiger partial charge in [0.15, 0.2) is 16.3 Å². The Kier molecular flexibility index (Phi) is 9.84. The molecule has 0 unspecified atom stereocenters. The van der Waals surface area contributed by atoms with Crippen LogP contribution < -0.4 is 29.1 Å². The Balaban J connectivity index is 1.36. The molecule has 4 aromatic carbocycles. The van der Waals surface area contributed by atoms with Crippen molar-refractivity contribution in [2.75, 3.05) is 13.7 Å². The van der Waals surface area contributed by atoms with Gasteiger partial charge in [0, 0.05) is 0 Å². The summed E-state index contributed by atoms with van der Waals surface area (Å²) >= 11 is 4.92. The lowest BCUT2D eigenvalue weighted by Gasteiger charge is -2.25. The predicted molar refractivity (Wildman–Crippen MR) is 192 cm³/mol. The van der Waals surface area contributed by atoms with Crippen molar-refractivity contribution in [3.05, 3.63) is 131 Å². The summed E-state index contributed by atoms with van der Waals surface area (Å²) in [7, 11) is 1.56. The van der Waals surface area contributed by atoms with Crippen LogP contribution in [0.4, 0.5) is 0 Å². The van der Waals surface area contributed by atoms with Crippen LogP contribution >= 0.6 is 27.3 Å². The van der Waals surface area contributed by atoms with E-state index in [1.165, 1.54) is 11.3 Å². The molecule has 1 atom stereocenters. The average Bonchev–Trinajstić information content (AvgIpc) is 3.37. The molecule has 48 heavy (non-hydrogen) atoms. The van der Waals surface area contributed by atoms with Crippen molar-refractivity contribution in [1.29, 1.82) is 0 Å². The molecule has 0 spiro atoms. The summed E-state index contributed by atoms with van der Waals surface area (Å²) in [5, 5.41) is 2.32. The molecule has 1 aliphatic rings. The molecule has 0 bridgehead atoms. The first-order valence-corrected chi connectivity index (χ1v) is 17.2. The van der Waals surface area contributed by atoms with Crippen LogP contribution in [0.5, 0.6) is 17.2 Å². The molecule has 1 aliphatic heterocycles. The van der Waals surface area contributed by atoms with Gasteiger partial charge in [-0.1, -0.05) is 65.9 Å². The van der Waals surface area contributed by atoms with E-state index in [0.717, 1.165) is 26.4 Å². The summed E-state index contributed by atoms with van der Waals surface area (Å²) in [5.74, 6) is 1.23. The number of ether oxygens (including phenoxy) is 4. The molecule has 246 valence electrons. The number of halogens is 1. The Morgan fingerprint density at radius 2 is 1.79 bits per heavy atom. The molecular formula is C38H35BrN2O6S. The standard InChI is InChI=1S/C38H35BrN2O6S/c1-6-45-37(43)34-23(4)40-38-41(35(34)26-15-17-31(47-22(2)3)32(20-26)44-5)36(42)33(48-38)19-24-14-16-30(29(39)18-24)46-21-27-12-9-11-25-10-7-8-13-28(25)27/h7-20,22,35H,6,21H2,1-5H3/b33-19-/t35-/m1/s1. The average molecular weight is 728 g/mol. The number of hydrogen-bond acceptors (Lipinski definition) is 8. The summed E-state index contributed by atoms with van der Waals surface area (Å²) in [6, 6.07) is 24.8. The van der Waals surface area contributed by atoms with E-state index in [-0.39, 0.29) is 18.3 Å². The van der Waals surface area contributed by atoms with Crippen LogP contribution in [-0.2, 0) is 16.1 Å². The maximum atomic E-state index is 14.1. The lowest BCUT2D eigenvalue weighted by atomic mass is 9.95. The van der Waals surface area contributed by atoms with Crippen LogP contribution in [-0.4, -0.2) is 30.4 Å². The first-order valence-electron chi connectivity index (χ1n) is 15.6. The van der Waals surface area contributed by atoms with Gasteiger partial charge >= 0.3 is 5.97 Å². The first kappa shape index (κ1) is 33.2. The normalized spacial score (nSPS) is 14.6. The summed E-state index contributed by atoms with van der Waals surface area (Å²) in [6.07, 6.45) is 1.76. The number of aromatic nitrogens is 1. The molecule has 0 N–H and O–H groups in total. The monoisotopic (exact) mass is 726 g/mol. The zero-order valence-corrected chi connectivity index (χ0v) is 29.7. The number of rotatable bonds is 10. The molecule has 0 radical (unpaired) electrons. The number of allylic oxidation sites excluding steroid dienone is 1. The fraction of sp³-hybridized carbons (Fsp3) is 0.237. The van der Waals surface area contributed by atoms with Crippen LogP contribution in [0.25, 0.3) is 16.8 Å². The number of thiazole rings is 1. The number of carbonyl (C=O) groups is 1. The van der Waals surface area contributed by atoms with E-state index in [2.05, 4.69) is 40.2 Å². The summed E-state index contributed by atoms with van der Waals surface area (Å²) < 4.78 is 26.0. The fourth-order valence-corrected chi connectivity index (χ4v) is 7.32. The van der Waals surface area contributed by atoms with Gasteiger partial charge in [0.2, 0.25) is 0 Å². The van der Waals surface area contributed by atoms with Crippen molar-refractivity contribution < 1.29 is 23.7 Å². The number of carbonyl (C=O) groups excluding carboxylic acids is 1. The maximum absolute atomic E-state index is 14.1. The SMILES string of the molecule is CCOC(=O)C1=C(C)N=c2s/c(=C\c3ccc(OCc4cccc5ccccc45)c(Br)c3)c(=O)n2[C@@H]1c1ccc(OC(C)C)c(OC)c1. The third kappa shape index (κ3) is 6.68. The Morgan fingerprint density at radius 1 is 1.02 bits per heavy atom. The number of esters is 1. The van der Waals surface area contributed by atoms with Crippen LogP contribution in [0.15, 0.2) is 104 Å². The van der Waals surface area contributed by atoms with Crippen LogP contribution in [0.1, 0.15) is 50.4 Å². The van der Waals surface area contributed by atoms with Crippen LogP contribution in [0.2, 0.25) is 0 Å². The van der Waals surface area contributed by atoms with Gasteiger partial charge in [0.25, 0.3) is 5.56 Å². The van der Waals surface area contributed by atoms with Crippen LogP contribution in [0, 0.1) is 0 Å². The highest BCUT2D eigenvalue weighted by molar-refractivity contribution is 9.10. The van der Waals surface area contributed by atoms with Gasteiger partial charge in [-0.25, -0.2) is 9.79 Å². The summed E-state index contributed by atoms with van der Waals surface area (Å²) in [6.45, 7) is 7.97. The Bertz CT molecular complexity index is 2230. The quantitative estimate of drug-likeness (QED) is 0.143. The van der Waals surface area contributed by atoms with E-state index in [1.54, 1.807) is 37.7 Å². The lowest BCUT2D eigenvalue weighted by Crippen LogP contribution is -2.40. The smallest absolute Gasteiger partial charge is 0.338 e. The minimum atomic E-state index is -0.777. The van der Waals surface area contributed by atoms with E-state index in [9.17, 15) is 9.59 Å². The van der Waals surface area contributed by atoms with Crippen molar-refractivity contribution in [2.24, 2.45) is 4.99 Å². The number of fused-ring (bicyclic) bond motifs is 2. The highest BCUT2D eigenvalue weighted by Gasteiger charge is 2.34. The van der Waals surface area contributed by atoms with Crippen molar-refractivity contribution in [3.63, 3.8) is 0 Å². The van der Waals surface area contributed by atoms with E-state index >= 15 is 0 Å². The van der Waals surface area contributed by atoms with Gasteiger partial charge in [-0.3, -0.25) is 9.36 Å². The zero-order chi connectivity index (χ0) is 33.9. The zero-order valence-electron chi connectivity index (χ0n) is 27.3. The third-order valence-electron chi connectivity index (χ3n) is 7.90. The van der Waals surface area contributed by atoms with E-state index in [0.29, 0.717) is 50.0 Å². The molecule has 8 nitrogen and oxygen atoms in total. The highest BCUT2D eigenvalue weighted by atomic mass is 79.9. The van der Waals surface area contributed by atoms with E-state index in [1.807, 2.05) is 62.4 Å². The Labute approximate surface area is 290 Å². The van der Waals surface area contributed by atoms with Gasteiger partial charge in [-0.2, -0.15) is 0 Å².